The Morgan fingerprint density at radius 3 is 2.56 bits per heavy atom. The van der Waals surface area contributed by atoms with E-state index in [0.717, 1.165) is 24.8 Å². The average Bonchev–Trinajstić information content (AvgIpc) is 2.23. The molecule has 0 spiro atoms. The van der Waals surface area contributed by atoms with Crippen LogP contribution in [0, 0.1) is 17.3 Å². The molecule has 1 N–H and O–H groups in total. The second kappa shape index (κ2) is 4.26. The average molecular weight is 268 g/mol. The van der Waals surface area contributed by atoms with Gasteiger partial charge in [-0.05, 0) is 68.8 Å². The quantitative estimate of drug-likeness (QED) is 0.617. The van der Waals surface area contributed by atoms with Crippen molar-refractivity contribution < 1.29 is 4.79 Å². The fraction of sp³-hybridized carbons (Fsp3) is 0.800. The van der Waals surface area contributed by atoms with Crippen molar-refractivity contribution in [1.29, 1.82) is 0 Å². The zero-order chi connectivity index (χ0) is 12.8. The van der Waals surface area contributed by atoms with Crippen molar-refractivity contribution in [2.75, 3.05) is 6.54 Å². The minimum absolute atomic E-state index is 0.0388. The smallest absolute Gasteiger partial charge is 0.243 e. The summed E-state index contributed by atoms with van der Waals surface area (Å²) in [6.07, 6.45) is 10.8. The highest BCUT2D eigenvalue weighted by Crippen LogP contribution is 2.63. The molecule has 1 amide bonds. The summed E-state index contributed by atoms with van der Waals surface area (Å²) in [6, 6.07) is 0. The van der Waals surface area contributed by atoms with Crippen LogP contribution in [0.25, 0.3) is 0 Å². The molecular formula is C15H22ClNO. The lowest BCUT2D eigenvalue weighted by Crippen LogP contribution is -2.56. The molecule has 100 valence electrons. The summed E-state index contributed by atoms with van der Waals surface area (Å²) in [6.45, 7) is 2.69. The number of hydrogen-bond donors (Lipinski definition) is 1. The second-order valence-electron chi connectivity index (χ2n) is 6.83. The van der Waals surface area contributed by atoms with Gasteiger partial charge >= 0.3 is 0 Å². The molecule has 4 fully saturated rings. The standard InChI is InChI=1S/C15H22ClNO/c1-2-3-13(18)17-10-14-5-11-4-12(6-14)8-15(16,7-11)9-14/h2-3,11-12H,4-10H2,1H3,(H,17,18)/b3-2+/t11-,12-,14?,15?/m1/s1. The minimum atomic E-state index is 0.0388. The number of amides is 1. The van der Waals surface area contributed by atoms with E-state index in [-0.39, 0.29) is 10.8 Å². The SMILES string of the molecule is C/C=C/C(=O)NCC12C[C@H]3C[C@@H](CC(Cl)(C3)C1)C2. The maximum absolute atomic E-state index is 11.6. The van der Waals surface area contributed by atoms with Crippen LogP contribution in [0.2, 0.25) is 0 Å². The van der Waals surface area contributed by atoms with Crippen molar-refractivity contribution in [2.45, 2.75) is 50.3 Å². The lowest BCUT2D eigenvalue weighted by Gasteiger charge is -2.60. The van der Waals surface area contributed by atoms with Crippen LogP contribution in [-0.4, -0.2) is 17.3 Å². The molecular weight excluding hydrogens is 246 g/mol. The third-order valence-corrected chi connectivity index (χ3v) is 5.51. The Balaban J connectivity index is 1.69. The fourth-order valence-electron chi connectivity index (χ4n) is 5.03. The van der Waals surface area contributed by atoms with Crippen LogP contribution in [0.15, 0.2) is 12.2 Å². The minimum Gasteiger partial charge on any atom is -0.352 e. The lowest BCUT2D eigenvalue weighted by molar-refractivity contribution is -0.118. The summed E-state index contributed by atoms with van der Waals surface area (Å²) in [5, 5.41) is 3.07. The van der Waals surface area contributed by atoms with Gasteiger partial charge in [0.15, 0.2) is 0 Å². The Labute approximate surface area is 114 Å². The lowest BCUT2D eigenvalue weighted by atomic mass is 9.49. The highest BCUT2D eigenvalue weighted by atomic mass is 35.5. The molecule has 18 heavy (non-hydrogen) atoms. The molecule has 0 saturated heterocycles. The number of allylic oxidation sites excluding steroid dienone is 1. The van der Waals surface area contributed by atoms with Crippen molar-refractivity contribution in [3.05, 3.63) is 12.2 Å². The zero-order valence-electron chi connectivity index (χ0n) is 11.0. The van der Waals surface area contributed by atoms with E-state index in [4.69, 9.17) is 11.6 Å². The van der Waals surface area contributed by atoms with Crippen LogP contribution in [0.3, 0.4) is 0 Å². The van der Waals surface area contributed by atoms with E-state index < -0.39 is 0 Å². The van der Waals surface area contributed by atoms with Crippen LogP contribution in [0.4, 0.5) is 0 Å². The first-order chi connectivity index (χ1) is 8.53. The van der Waals surface area contributed by atoms with Crippen LogP contribution in [-0.2, 0) is 4.79 Å². The molecule has 4 aliphatic rings. The maximum atomic E-state index is 11.6. The largest absolute Gasteiger partial charge is 0.352 e. The first-order valence-corrected chi connectivity index (χ1v) is 7.50. The van der Waals surface area contributed by atoms with Gasteiger partial charge in [-0.2, -0.15) is 0 Å². The number of carbonyl (C=O) groups excluding carboxylic acids is 1. The molecule has 0 aromatic rings. The number of rotatable bonds is 3. The predicted molar refractivity (Wildman–Crippen MR) is 73.5 cm³/mol. The van der Waals surface area contributed by atoms with Crippen molar-refractivity contribution >= 4 is 17.5 Å². The van der Waals surface area contributed by atoms with E-state index in [9.17, 15) is 4.79 Å². The summed E-state index contributed by atoms with van der Waals surface area (Å²) in [5.74, 6) is 1.65. The van der Waals surface area contributed by atoms with E-state index >= 15 is 0 Å². The summed E-state index contributed by atoms with van der Waals surface area (Å²) in [4.78, 5) is 11.6. The van der Waals surface area contributed by atoms with Gasteiger partial charge in [0.05, 0.1) is 0 Å². The molecule has 0 aromatic carbocycles. The topological polar surface area (TPSA) is 29.1 Å². The molecule has 0 heterocycles. The zero-order valence-corrected chi connectivity index (χ0v) is 11.8. The molecule has 0 unspecified atom stereocenters. The highest BCUT2D eigenvalue weighted by Gasteiger charge is 2.56. The molecule has 0 radical (unpaired) electrons. The van der Waals surface area contributed by atoms with E-state index in [2.05, 4.69) is 5.32 Å². The fourth-order valence-corrected chi connectivity index (χ4v) is 5.75. The molecule has 4 aliphatic carbocycles. The second-order valence-corrected chi connectivity index (χ2v) is 7.63. The normalized spacial score (nSPS) is 45.7. The molecule has 4 bridgehead atoms. The summed E-state index contributed by atoms with van der Waals surface area (Å²) >= 11 is 6.77. The van der Waals surface area contributed by atoms with Crippen molar-refractivity contribution in [3.8, 4) is 0 Å². The van der Waals surface area contributed by atoms with Crippen LogP contribution in [0.1, 0.15) is 45.4 Å². The predicted octanol–water partition coefficient (Wildman–Crippen LogP) is 3.26. The summed E-state index contributed by atoms with van der Waals surface area (Å²) < 4.78 is 0. The van der Waals surface area contributed by atoms with Crippen LogP contribution in [0.5, 0.6) is 0 Å². The van der Waals surface area contributed by atoms with E-state index in [1.165, 1.54) is 32.1 Å². The van der Waals surface area contributed by atoms with E-state index in [1.54, 1.807) is 12.2 Å². The van der Waals surface area contributed by atoms with Crippen molar-refractivity contribution in [3.63, 3.8) is 0 Å². The Morgan fingerprint density at radius 1 is 1.33 bits per heavy atom. The van der Waals surface area contributed by atoms with Gasteiger partial charge in [-0.25, -0.2) is 0 Å². The van der Waals surface area contributed by atoms with Gasteiger partial charge in [-0.3, -0.25) is 4.79 Å². The van der Waals surface area contributed by atoms with Crippen LogP contribution < -0.4 is 5.32 Å². The van der Waals surface area contributed by atoms with Gasteiger partial charge in [0.1, 0.15) is 0 Å². The first-order valence-electron chi connectivity index (χ1n) is 7.12. The molecule has 2 atom stereocenters. The number of alkyl halides is 1. The molecule has 4 rings (SSSR count). The summed E-state index contributed by atoms with van der Waals surface area (Å²) in [5.41, 5.74) is 0.295. The monoisotopic (exact) mass is 267 g/mol. The van der Waals surface area contributed by atoms with Gasteiger partial charge < -0.3 is 5.32 Å². The number of carbonyl (C=O) groups is 1. The highest BCUT2D eigenvalue weighted by molar-refractivity contribution is 6.24. The van der Waals surface area contributed by atoms with Crippen molar-refractivity contribution in [1.82, 2.24) is 5.32 Å². The Hall–Kier alpha value is -0.500. The van der Waals surface area contributed by atoms with Crippen LogP contribution >= 0.6 is 11.6 Å². The molecule has 4 saturated carbocycles. The van der Waals surface area contributed by atoms with Gasteiger partial charge in [0.25, 0.3) is 0 Å². The number of halogens is 1. The van der Waals surface area contributed by atoms with Gasteiger partial charge in [-0.15, -0.1) is 11.6 Å². The molecule has 3 heteroatoms. The van der Waals surface area contributed by atoms with Gasteiger partial charge in [0, 0.05) is 11.4 Å². The Bertz CT molecular complexity index is 376. The van der Waals surface area contributed by atoms with Crippen molar-refractivity contribution in [2.24, 2.45) is 17.3 Å². The number of hydrogen-bond acceptors (Lipinski definition) is 1. The van der Waals surface area contributed by atoms with Gasteiger partial charge in [0.2, 0.25) is 5.91 Å². The molecule has 0 aliphatic heterocycles. The Kier molecular flexibility index (Phi) is 2.97. The Morgan fingerprint density at radius 2 is 2.00 bits per heavy atom. The van der Waals surface area contributed by atoms with Gasteiger partial charge in [-0.1, -0.05) is 6.08 Å². The third-order valence-electron chi connectivity index (χ3n) is 5.07. The molecule has 0 aromatic heterocycles. The number of nitrogens with one attached hydrogen (secondary N) is 1. The third kappa shape index (κ3) is 2.20. The molecule has 2 nitrogen and oxygen atoms in total. The summed E-state index contributed by atoms with van der Waals surface area (Å²) in [7, 11) is 0. The van der Waals surface area contributed by atoms with E-state index in [1.807, 2.05) is 6.92 Å². The maximum Gasteiger partial charge on any atom is 0.243 e. The first kappa shape index (κ1) is 12.5. The van der Waals surface area contributed by atoms with E-state index in [0.29, 0.717) is 5.41 Å².